The number of benzene rings is 1. The van der Waals surface area contributed by atoms with Gasteiger partial charge in [0.15, 0.2) is 5.78 Å². The Labute approximate surface area is 133 Å². The molecule has 7 heteroatoms. The number of carbonyl (C=O) groups excluding carboxylic acids is 3. The summed E-state index contributed by atoms with van der Waals surface area (Å²) in [5, 5.41) is 0.208. The van der Waals surface area contributed by atoms with Crippen LogP contribution in [0, 0.1) is 0 Å². The van der Waals surface area contributed by atoms with Gasteiger partial charge < -0.3 is 0 Å². The molecule has 1 aliphatic heterocycles. The number of amides is 1. The molecule has 0 unspecified atom stereocenters. The Morgan fingerprint density at radius 1 is 1.14 bits per heavy atom. The summed E-state index contributed by atoms with van der Waals surface area (Å²) in [5.74, 6) is -1.71. The lowest BCUT2D eigenvalue weighted by Gasteiger charge is -2.14. The summed E-state index contributed by atoms with van der Waals surface area (Å²) in [5.41, 5.74) is 0.523. The summed E-state index contributed by atoms with van der Waals surface area (Å²) in [6, 6.07) is 7.97. The first kappa shape index (κ1) is 14.3. The van der Waals surface area contributed by atoms with Crippen LogP contribution in [-0.2, 0) is 4.79 Å². The van der Waals surface area contributed by atoms with Gasteiger partial charge in [-0.05, 0) is 24.3 Å². The molecule has 3 rings (SSSR count). The highest BCUT2D eigenvalue weighted by Crippen LogP contribution is 2.34. The summed E-state index contributed by atoms with van der Waals surface area (Å²) >= 11 is 12.9. The van der Waals surface area contributed by atoms with E-state index in [2.05, 4.69) is 0 Å². The van der Waals surface area contributed by atoms with Crippen LogP contribution in [0.3, 0.4) is 0 Å². The smallest absolute Gasteiger partial charge is 0.297 e. The molecule has 0 N–H and O–H groups in total. The van der Waals surface area contributed by atoms with Gasteiger partial charge in [-0.3, -0.25) is 19.3 Å². The molecule has 106 valence electrons. The zero-order chi connectivity index (χ0) is 15.1. The van der Waals surface area contributed by atoms with Gasteiger partial charge >= 0.3 is 0 Å². The van der Waals surface area contributed by atoms with Gasteiger partial charge in [-0.1, -0.05) is 29.3 Å². The van der Waals surface area contributed by atoms with Crippen LogP contribution in [0.1, 0.15) is 20.0 Å². The van der Waals surface area contributed by atoms with Gasteiger partial charge in [0.05, 0.1) is 32.0 Å². The van der Waals surface area contributed by atoms with Crippen LogP contribution in [0.2, 0.25) is 9.36 Å². The SMILES string of the molecule is O=C(CN1C(=O)C(=O)c2c(Cl)cccc21)c1ccc(Cl)s1. The minimum Gasteiger partial charge on any atom is -0.297 e. The fourth-order valence-corrected chi connectivity index (χ4v) is 3.37. The lowest BCUT2D eigenvalue weighted by molar-refractivity contribution is -0.114. The van der Waals surface area contributed by atoms with Crippen LogP contribution in [0.25, 0.3) is 0 Å². The van der Waals surface area contributed by atoms with Gasteiger partial charge in [-0.15, -0.1) is 11.3 Å². The molecular formula is C14H7Cl2NO3S. The third-order valence-electron chi connectivity index (χ3n) is 3.10. The van der Waals surface area contributed by atoms with Crippen molar-refractivity contribution in [2.45, 2.75) is 0 Å². The number of rotatable bonds is 3. The molecule has 1 aromatic carbocycles. The van der Waals surface area contributed by atoms with Gasteiger partial charge in [0.1, 0.15) is 0 Å². The fraction of sp³-hybridized carbons (Fsp3) is 0.0714. The first-order valence-corrected chi connectivity index (χ1v) is 7.49. The third-order valence-corrected chi connectivity index (χ3v) is 4.69. The van der Waals surface area contributed by atoms with E-state index in [1.54, 1.807) is 24.3 Å². The Kier molecular flexibility index (Phi) is 3.57. The summed E-state index contributed by atoms with van der Waals surface area (Å²) in [6.07, 6.45) is 0. The molecule has 0 spiro atoms. The summed E-state index contributed by atoms with van der Waals surface area (Å²) in [6.45, 7) is -0.214. The molecule has 0 saturated carbocycles. The van der Waals surface area contributed by atoms with Crippen LogP contribution >= 0.6 is 34.5 Å². The average Bonchev–Trinajstić information content (AvgIpc) is 2.98. The summed E-state index contributed by atoms with van der Waals surface area (Å²) in [7, 11) is 0. The van der Waals surface area contributed by atoms with Gasteiger partial charge in [-0.2, -0.15) is 0 Å². The highest BCUT2D eigenvalue weighted by Gasteiger charge is 2.38. The molecule has 0 saturated heterocycles. The zero-order valence-electron chi connectivity index (χ0n) is 10.4. The van der Waals surface area contributed by atoms with E-state index in [4.69, 9.17) is 23.2 Å². The van der Waals surface area contributed by atoms with Gasteiger partial charge in [-0.25, -0.2) is 0 Å². The highest BCUT2D eigenvalue weighted by molar-refractivity contribution is 7.18. The van der Waals surface area contributed by atoms with Crippen molar-refractivity contribution in [3.8, 4) is 0 Å². The summed E-state index contributed by atoms with van der Waals surface area (Å²) in [4.78, 5) is 37.7. The number of halogens is 2. The van der Waals surface area contributed by atoms with E-state index < -0.39 is 11.7 Å². The van der Waals surface area contributed by atoms with Crippen molar-refractivity contribution in [3.05, 3.63) is 50.1 Å². The van der Waals surface area contributed by atoms with Crippen molar-refractivity contribution in [2.75, 3.05) is 11.4 Å². The second kappa shape index (κ2) is 5.26. The zero-order valence-corrected chi connectivity index (χ0v) is 12.8. The molecule has 1 aromatic heterocycles. The molecule has 0 atom stereocenters. The van der Waals surface area contributed by atoms with E-state index in [0.29, 0.717) is 14.9 Å². The Bertz CT molecular complexity index is 784. The van der Waals surface area contributed by atoms with Crippen LogP contribution in [0.15, 0.2) is 30.3 Å². The van der Waals surface area contributed by atoms with E-state index >= 15 is 0 Å². The first-order valence-electron chi connectivity index (χ1n) is 5.92. The lowest BCUT2D eigenvalue weighted by Crippen LogP contribution is -2.34. The Morgan fingerprint density at radius 3 is 2.57 bits per heavy atom. The van der Waals surface area contributed by atoms with Crippen molar-refractivity contribution >= 4 is 57.7 Å². The van der Waals surface area contributed by atoms with E-state index in [0.717, 1.165) is 16.2 Å². The van der Waals surface area contributed by atoms with Gasteiger partial charge in [0, 0.05) is 0 Å². The van der Waals surface area contributed by atoms with Crippen LogP contribution < -0.4 is 4.90 Å². The minimum atomic E-state index is -0.742. The number of Topliss-reactive ketones (excluding diaryl/α,β-unsaturated/α-hetero) is 2. The van der Waals surface area contributed by atoms with E-state index in [1.807, 2.05) is 0 Å². The lowest BCUT2D eigenvalue weighted by atomic mass is 10.1. The Morgan fingerprint density at radius 2 is 1.90 bits per heavy atom. The highest BCUT2D eigenvalue weighted by atomic mass is 35.5. The van der Waals surface area contributed by atoms with Crippen LogP contribution in [0.4, 0.5) is 5.69 Å². The predicted octanol–water partition coefficient (Wildman–Crippen LogP) is 3.47. The average molecular weight is 340 g/mol. The van der Waals surface area contributed by atoms with Crippen molar-refractivity contribution in [3.63, 3.8) is 0 Å². The van der Waals surface area contributed by atoms with E-state index in [-0.39, 0.29) is 22.9 Å². The number of nitrogens with zero attached hydrogens (tertiary/aromatic N) is 1. The van der Waals surface area contributed by atoms with Crippen molar-refractivity contribution in [1.29, 1.82) is 0 Å². The van der Waals surface area contributed by atoms with Crippen molar-refractivity contribution < 1.29 is 14.4 Å². The summed E-state index contributed by atoms with van der Waals surface area (Å²) < 4.78 is 0.491. The first-order chi connectivity index (χ1) is 9.99. The van der Waals surface area contributed by atoms with E-state index in [9.17, 15) is 14.4 Å². The fourth-order valence-electron chi connectivity index (χ4n) is 2.14. The van der Waals surface area contributed by atoms with Crippen molar-refractivity contribution in [2.24, 2.45) is 0 Å². The largest absolute Gasteiger partial charge is 0.299 e. The molecule has 2 aromatic rings. The molecule has 1 amide bonds. The Balaban J connectivity index is 1.94. The van der Waals surface area contributed by atoms with Crippen molar-refractivity contribution in [1.82, 2.24) is 0 Å². The van der Waals surface area contributed by atoms with Crippen LogP contribution in [0.5, 0.6) is 0 Å². The molecule has 2 heterocycles. The standard InChI is InChI=1S/C14H7Cl2NO3S/c15-7-2-1-3-8-12(7)13(19)14(20)17(8)6-9(18)10-4-5-11(16)21-10/h1-5H,6H2. The molecule has 4 nitrogen and oxygen atoms in total. The monoisotopic (exact) mass is 339 g/mol. The number of ketones is 2. The maximum Gasteiger partial charge on any atom is 0.299 e. The minimum absolute atomic E-state index is 0.154. The predicted molar refractivity (Wildman–Crippen MR) is 81.8 cm³/mol. The molecular weight excluding hydrogens is 333 g/mol. The number of anilines is 1. The van der Waals surface area contributed by atoms with Gasteiger partial charge in [0.2, 0.25) is 0 Å². The maximum absolute atomic E-state index is 12.2. The number of hydrogen-bond acceptors (Lipinski definition) is 4. The quantitative estimate of drug-likeness (QED) is 0.635. The molecule has 0 fully saturated rings. The molecule has 1 aliphatic rings. The molecule has 0 aliphatic carbocycles. The number of fused-ring (bicyclic) bond motifs is 1. The molecule has 21 heavy (non-hydrogen) atoms. The second-order valence-corrected chi connectivity index (χ2v) is 6.50. The van der Waals surface area contributed by atoms with Gasteiger partial charge in [0.25, 0.3) is 11.7 Å². The third kappa shape index (κ3) is 2.37. The number of hydrogen-bond donors (Lipinski definition) is 0. The Hall–Kier alpha value is -1.69. The molecule has 0 bridgehead atoms. The normalized spacial score (nSPS) is 13.7. The second-order valence-electron chi connectivity index (χ2n) is 4.38. The van der Waals surface area contributed by atoms with E-state index in [1.165, 1.54) is 6.07 Å². The number of thiophene rings is 1. The maximum atomic E-state index is 12.2. The van der Waals surface area contributed by atoms with Crippen LogP contribution in [-0.4, -0.2) is 24.0 Å². The topological polar surface area (TPSA) is 54.5 Å². The molecule has 0 radical (unpaired) electrons. The number of carbonyl (C=O) groups is 3.